The minimum Gasteiger partial charge on any atom is -0.240 e. The molecule has 4 heteroatoms. The molecule has 3 nitrogen and oxygen atoms in total. The average Bonchev–Trinajstić information content (AvgIpc) is 3.09. The molecule has 0 atom stereocenters. The Hall–Kier alpha value is -2.20. The molecule has 0 aliphatic rings. The third kappa shape index (κ3) is 2.35. The lowest BCUT2D eigenvalue weighted by Crippen LogP contribution is -1.92. The van der Waals surface area contributed by atoms with Gasteiger partial charge in [0.25, 0.3) is 0 Å². The maximum atomic E-state index is 4.55. The number of aromatic nitrogens is 3. The van der Waals surface area contributed by atoms with E-state index < -0.39 is 0 Å². The molecule has 0 radical (unpaired) electrons. The topological polar surface area (TPSA) is 30.7 Å². The van der Waals surface area contributed by atoms with E-state index in [-0.39, 0.29) is 0 Å². The fraction of sp³-hybridized carbons (Fsp3) is 0.0667. The number of nitrogens with zero attached hydrogens (tertiary/aromatic N) is 3. The van der Waals surface area contributed by atoms with Crippen LogP contribution < -0.4 is 0 Å². The summed E-state index contributed by atoms with van der Waals surface area (Å²) in [4.78, 5) is 4.55. The number of rotatable bonds is 3. The molecule has 0 N–H and O–H groups in total. The van der Waals surface area contributed by atoms with Crippen molar-refractivity contribution in [1.29, 1.82) is 0 Å². The highest BCUT2D eigenvalue weighted by Gasteiger charge is 2.08. The predicted octanol–water partition coefficient (Wildman–Crippen LogP) is 4.03. The summed E-state index contributed by atoms with van der Waals surface area (Å²) in [6.45, 7) is 5.87. The highest BCUT2D eigenvalue weighted by Crippen LogP contribution is 2.26. The molecule has 3 rings (SSSR count). The molecule has 94 valence electrons. The number of para-hydroxylation sites is 1. The van der Waals surface area contributed by atoms with Crippen molar-refractivity contribution < 1.29 is 0 Å². The zero-order chi connectivity index (χ0) is 13.2. The molecule has 0 aliphatic heterocycles. The van der Waals surface area contributed by atoms with Crippen molar-refractivity contribution in [3.05, 3.63) is 60.4 Å². The van der Waals surface area contributed by atoms with E-state index >= 15 is 0 Å². The zero-order valence-corrected chi connectivity index (χ0v) is 11.4. The van der Waals surface area contributed by atoms with Gasteiger partial charge in [-0.05, 0) is 24.6 Å². The van der Waals surface area contributed by atoms with Gasteiger partial charge >= 0.3 is 0 Å². The lowest BCUT2D eigenvalue weighted by Gasteiger charge is -1.98. The number of thiazole rings is 1. The first-order valence-corrected chi connectivity index (χ1v) is 6.84. The van der Waals surface area contributed by atoms with Crippen LogP contribution in [-0.4, -0.2) is 14.8 Å². The van der Waals surface area contributed by atoms with Gasteiger partial charge in [-0.3, -0.25) is 0 Å². The average molecular weight is 267 g/mol. The molecule has 0 spiro atoms. The van der Waals surface area contributed by atoms with E-state index in [1.54, 1.807) is 11.3 Å². The summed E-state index contributed by atoms with van der Waals surface area (Å²) in [6, 6.07) is 10.0. The summed E-state index contributed by atoms with van der Waals surface area (Å²) in [5, 5.41) is 7.38. The van der Waals surface area contributed by atoms with Gasteiger partial charge in [0.1, 0.15) is 5.01 Å². The Balaban J connectivity index is 1.94. The van der Waals surface area contributed by atoms with Crippen molar-refractivity contribution >= 4 is 16.9 Å². The lowest BCUT2D eigenvalue weighted by atomic mass is 10.3. The Labute approximate surface area is 115 Å². The van der Waals surface area contributed by atoms with Crippen LogP contribution in [0.5, 0.6) is 0 Å². The molecule has 0 aliphatic carbocycles. The van der Waals surface area contributed by atoms with Crippen LogP contribution in [-0.2, 0) is 0 Å². The first-order chi connectivity index (χ1) is 9.24. The van der Waals surface area contributed by atoms with E-state index in [1.807, 2.05) is 59.7 Å². The minimum absolute atomic E-state index is 0.951. The summed E-state index contributed by atoms with van der Waals surface area (Å²) in [5.41, 5.74) is 4.01. The third-order valence-corrected chi connectivity index (χ3v) is 3.68. The van der Waals surface area contributed by atoms with Gasteiger partial charge in [0.05, 0.1) is 17.6 Å². The fourth-order valence-corrected chi connectivity index (χ4v) is 2.63. The van der Waals surface area contributed by atoms with Crippen molar-refractivity contribution in [2.24, 2.45) is 0 Å². The monoisotopic (exact) mass is 267 g/mol. The molecule has 19 heavy (non-hydrogen) atoms. The summed E-state index contributed by atoms with van der Waals surface area (Å²) in [5.74, 6) is 0. The molecule has 0 saturated carbocycles. The van der Waals surface area contributed by atoms with E-state index in [4.69, 9.17) is 0 Å². The predicted molar refractivity (Wildman–Crippen MR) is 79.4 cm³/mol. The maximum absolute atomic E-state index is 4.55. The zero-order valence-electron chi connectivity index (χ0n) is 10.6. The van der Waals surface area contributed by atoms with Gasteiger partial charge in [-0.15, -0.1) is 11.3 Å². The second kappa shape index (κ2) is 4.82. The van der Waals surface area contributed by atoms with E-state index in [1.165, 1.54) is 0 Å². The van der Waals surface area contributed by atoms with Crippen LogP contribution in [0.2, 0.25) is 0 Å². The maximum Gasteiger partial charge on any atom is 0.127 e. The van der Waals surface area contributed by atoms with Gasteiger partial charge in [-0.2, -0.15) is 5.10 Å². The van der Waals surface area contributed by atoms with Gasteiger partial charge in [0.15, 0.2) is 0 Å². The number of benzene rings is 1. The normalized spacial score (nSPS) is 10.6. The molecule has 1 aromatic carbocycles. The van der Waals surface area contributed by atoms with Gasteiger partial charge in [0, 0.05) is 17.1 Å². The largest absolute Gasteiger partial charge is 0.240 e. The molecular weight excluding hydrogens is 254 g/mol. The molecule has 0 saturated heterocycles. The highest BCUT2D eigenvalue weighted by atomic mass is 32.1. The van der Waals surface area contributed by atoms with Crippen molar-refractivity contribution in [3.8, 4) is 16.3 Å². The first kappa shape index (κ1) is 11.9. The van der Waals surface area contributed by atoms with Crippen LogP contribution in [0.3, 0.4) is 0 Å². The second-order valence-electron chi connectivity index (χ2n) is 4.33. The number of hydrogen-bond donors (Lipinski definition) is 0. The Morgan fingerprint density at radius 1 is 1.26 bits per heavy atom. The molecule has 2 aromatic heterocycles. The van der Waals surface area contributed by atoms with Gasteiger partial charge in [-0.1, -0.05) is 24.8 Å². The van der Waals surface area contributed by atoms with Gasteiger partial charge in [0.2, 0.25) is 0 Å². The Morgan fingerprint density at radius 3 is 2.74 bits per heavy atom. The van der Waals surface area contributed by atoms with E-state index in [2.05, 4.69) is 16.7 Å². The quantitative estimate of drug-likeness (QED) is 0.717. The lowest BCUT2D eigenvalue weighted by molar-refractivity contribution is 0.881. The fourth-order valence-electron chi connectivity index (χ4n) is 1.76. The van der Waals surface area contributed by atoms with E-state index in [0.29, 0.717) is 0 Å². The van der Waals surface area contributed by atoms with Crippen molar-refractivity contribution in [3.63, 3.8) is 0 Å². The van der Waals surface area contributed by atoms with Crippen LogP contribution in [0.1, 0.15) is 12.6 Å². The van der Waals surface area contributed by atoms with Gasteiger partial charge in [-0.25, -0.2) is 9.67 Å². The van der Waals surface area contributed by atoms with Crippen molar-refractivity contribution in [2.75, 3.05) is 0 Å². The summed E-state index contributed by atoms with van der Waals surface area (Å²) >= 11 is 1.61. The van der Waals surface area contributed by atoms with Crippen molar-refractivity contribution in [2.45, 2.75) is 6.92 Å². The molecular formula is C15H13N3S. The highest BCUT2D eigenvalue weighted by molar-refractivity contribution is 7.13. The van der Waals surface area contributed by atoms with Crippen LogP contribution in [0.4, 0.5) is 0 Å². The van der Waals surface area contributed by atoms with Crippen molar-refractivity contribution in [1.82, 2.24) is 14.8 Å². The molecule has 0 unspecified atom stereocenters. The Morgan fingerprint density at radius 2 is 2.05 bits per heavy atom. The minimum atomic E-state index is 0.951. The summed E-state index contributed by atoms with van der Waals surface area (Å²) < 4.78 is 1.86. The Bertz CT molecular complexity index is 710. The number of hydrogen-bond acceptors (Lipinski definition) is 3. The van der Waals surface area contributed by atoms with E-state index in [0.717, 1.165) is 27.5 Å². The smallest absolute Gasteiger partial charge is 0.127 e. The molecule has 0 amide bonds. The molecule has 3 aromatic rings. The van der Waals surface area contributed by atoms with E-state index in [9.17, 15) is 0 Å². The van der Waals surface area contributed by atoms with Gasteiger partial charge < -0.3 is 0 Å². The molecule has 2 heterocycles. The standard InChI is InChI=1S/C15H13N3S/c1-11(2)14-10-19-15(17-14)12-8-16-18(9-12)13-6-4-3-5-7-13/h3-10H,1H2,2H3. The first-order valence-electron chi connectivity index (χ1n) is 5.96. The number of allylic oxidation sites excluding steroid dienone is 1. The van der Waals surface area contributed by atoms with Crippen LogP contribution in [0.25, 0.3) is 21.8 Å². The van der Waals surface area contributed by atoms with Crippen LogP contribution >= 0.6 is 11.3 Å². The SMILES string of the molecule is C=C(C)c1csc(-c2cnn(-c3ccccc3)c2)n1. The molecule has 0 bridgehead atoms. The third-order valence-electron chi connectivity index (χ3n) is 2.79. The molecule has 0 fully saturated rings. The Kier molecular flexibility index (Phi) is 3.01. The second-order valence-corrected chi connectivity index (χ2v) is 5.19. The van der Waals surface area contributed by atoms with Crippen LogP contribution in [0.15, 0.2) is 54.7 Å². The summed E-state index contributed by atoms with van der Waals surface area (Å²) in [6.07, 6.45) is 3.84. The van der Waals surface area contributed by atoms with Crippen LogP contribution in [0, 0.1) is 0 Å². The summed E-state index contributed by atoms with van der Waals surface area (Å²) in [7, 11) is 0.